The standard InChI is InChI=1S/C21H25NO4S/c1-26-19-13-5-11-18-12-6-14-22(21(18)19)20(23)16-27(24,25)15-7-10-17-8-3-2-4-9-17/h2-5,8-9,11,13H,6-7,10,12,14-16H2,1H3. The Bertz CT molecular complexity index is 879. The van der Waals surface area contributed by atoms with Crippen LogP contribution in [0, 0.1) is 0 Å². The van der Waals surface area contributed by atoms with Gasteiger partial charge in [-0.05, 0) is 42.9 Å². The van der Waals surface area contributed by atoms with Crippen LogP contribution in [0.4, 0.5) is 5.69 Å². The molecule has 6 heteroatoms. The molecule has 0 radical (unpaired) electrons. The Kier molecular flexibility index (Phi) is 6.16. The summed E-state index contributed by atoms with van der Waals surface area (Å²) in [5.41, 5.74) is 2.85. The third kappa shape index (κ3) is 4.89. The molecule has 0 atom stereocenters. The van der Waals surface area contributed by atoms with E-state index in [0.717, 1.165) is 29.7 Å². The van der Waals surface area contributed by atoms with Gasteiger partial charge in [0.2, 0.25) is 5.91 Å². The Labute approximate surface area is 160 Å². The highest BCUT2D eigenvalue weighted by Gasteiger charge is 2.28. The lowest BCUT2D eigenvalue weighted by atomic mass is 10.0. The van der Waals surface area contributed by atoms with Crippen LogP contribution < -0.4 is 9.64 Å². The van der Waals surface area contributed by atoms with Crippen molar-refractivity contribution in [3.05, 3.63) is 59.7 Å². The first-order valence-electron chi connectivity index (χ1n) is 9.21. The van der Waals surface area contributed by atoms with Crippen molar-refractivity contribution in [1.29, 1.82) is 0 Å². The van der Waals surface area contributed by atoms with Crippen LogP contribution in [0.15, 0.2) is 48.5 Å². The molecule has 2 aromatic carbocycles. The molecule has 0 fully saturated rings. The van der Waals surface area contributed by atoms with Gasteiger partial charge in [-0.15, -0.1) is 0 Å². The molecule has 1 heterocycles. The number of para-hydroxylation sites is 1. The lowest BCUT2D eigenvalue weighted by molar-refractivity contribution is -0.116. The van der Waals surface area contributed by atoms with Crippen molar-refractivity contribution in [2.45, 2.75) is 25.7 Å². The van der Waals surface area contributed by atoms with Crippen LogP contribution in [0.2, 0.25) is 0 Å². The molecule has 0 saturated carbocycles. The van der Waals surface area contributed by atoms with E-state index >= 15 is 0 Å². The molecule has 144 valence electrons. The first kappa shape index (κ1) is 19.4. The molecule has 1 aliphatic heterocycles. The summed E-state index contributed by atoms with van der Waals surface area (Å²) >= 11 is 0. The number of fused-ring (bicyclic) bond motifs is 1. The van der Waals surface area contributed by atoms with E-state index in [1.807, 2.05) is 42.5 Å². The minimum Gasteiger partial charge on any atom is -0.495 e. The van der Waals surface area contributed by atoms with Gasteiger partial charge in [-0.1, -0.05) is 42.5 Å². The number of amides is 1. The number of sulfone groups is 1. The fourth-order valence-electron chi connectivity index (χ4n) is 3.51. The third-order valence-corrected chi connectivity index (χ3v) is 6.41. The quantitative estimate of drug-likeness (QED) is 0.733. The Balaban J connectivity index is 1.65. The molecule has 2 aromatic rings. The molecular formula is C21H25NO4S. The third-order valence-electron chi connectivity index (χ3n) is 4.81. The van der Waals surface area contributed by atoms with Crippen molar-refractivity contribution in [2.24, 2.45) is 0 Å². The molecule has 27 heavy (non-hydrogen) atoms. The van der Waals surface area contributed by atoms with Gasteiger partial charge in [-0.25, -0.2) is 8.42 Å². The van der Waals surface area contributed by atoms with Gasteiger partial charge in [-0.3, -0.25) is 4.79 Å². The van der Waals surface area contributed by atoms with Gasteiger partial charge >= 0.3 is 0 Å². The smallest absolute Gasteiger partial charge is 0.242 e. The number of aryl methyl sites for hydroxylation is 2. The van der Waals surface area contributed by atoms with E-state index in [4.69, 9.17) is 4.74 Å². The van der Waals surface area contributed by atoms with Gasteiger partial charge in [0.25, 0.3) is 0 Å². The van der Waals surface area contributed by atoms with Crippen molar-refractivity contribution in [2.75, 3.05) is 30.1 Å². The molecule has 0 unspecified atom stereocenters. The number of anilines is 1. The zero-order valence-electron chi connectivity index (χ0n) is 15.6. The molecular weight excluding hydrogens is 362 g/mol. The number of ether oxygens (including phenoxy) is 1. The second-order valence-corrected chi connectivity index (χ2v) is 8.98. The molecule has 0 spiro atoms. The van der Waals surface area contributed by atoms with Crippen LogP contribution in [-0.4, -0.2) is 39.5 Å². The number of carbonyl (C=O) groups is 1. The number of benzene rings is 2. The van der Waals surface area contributed by atoms with Crippen molar-refractivity contribution in [3.63, 3.8) is 0 Å². The van der Waals surface area contributed by atoms with Gasteiger partial charge in [0.1, 0.15) is 11.5 Å². The van der Waals surface area contributed by atoms with Crippen LogP contribution >= 0.6 is 0 Å². The summed E-state index contributed by atoms with van der Waals surface area (Å²) in [6.45, 7) is 0.520. The SMILES string of the molecule is COc1cccc2c1N(C(=O)CS(=O)(=O)CCCc1ccccc1)CCC2. The molecule has 1 aliphatic rings. The molecule has 0 aliphatic carbocycles. The number of hydrogen-bond donors (Lipinski definition) is 0. The first-order valence-corrected chi connectivity index (χ1v) is 11.0. The molecule has 1 amide bonds. The lowest BCUT2D eigenvalue weighted by Crippen LogP contribution is -2.40. The monoisotopic (exact) mass is 387 g/mol. The number of rotatable bonds is 7. The molecule has 0 N–H and O–H groups in total. The van der Waals surface area contributed by atoms with Gasteiger partial charge in [-0.2, -0.15) is 0 Å². The van der Waals surface area contributed by atoms with Crippen molar-refractivity contribution in [3.8, 4) is 5.75 Å². The number of hydrogen-bond acceptors (Lipinski definition) is 4. The molecule has 3 rings (SSSR count). The highest BCUT2D eigenvalue weighted by Crippen LogP contribution is 2.36. The van der Waals surface area contributed by atoms with Crippen LogP contribution in [-0.2, 0) is 27.5 Å². The van der Waals surface area contributed by atoms with E-state index in [0.29, 0.717) is 25.1 Å². The normalized spacial score (nSPS) is 13.9. The van der Waals surface area contributed by atoms with Crippen molar-refractivity contribution < 1.29 is 17.9 Å². The summed E-state index contributed by atoms with van der Waals surface area (Å²) in [5, 5.41) is 0. The minimum atomic E-state index is -3.45. The summed E-state index contributed by atoms with van der Waals surface area (Å²) in [6, 6.07) is 15.4. The van der Waals surface area contributed by atoms with Crippen LogP contribution in [0.25, 0.3) is 0 Å². The second kappa shape index (κ2) is 8.57. The van der Waals surface area contributed by atoms with Gasteiger partial charge in [0.15, 0.2) is 9.84 Å². The van der Waals surface area contributed by atoms with Crippen molar-refractivity contribution >= 4 is 21.4 Å². The van der Waals surface area contributed by atoms with Gasteiger partial charge < -0.3 is 9.64 Å². The number of nitrogens with zero attached hydrogens (tertiary/aromatic N) is 1. The van der Waals surface area contributed by atoms with Gasteiger partial charge in [0, 0.05) is 6.54 Å². The number of carbonyl (C=O) groups excluding carboxylic acids is 1. The van der Waals surface area contributed by atoms with E-state index < -0.39 is 15.6 Å². The van der Waals surface area contributed by atoms with Crippen LogP contribution in [0.1, 0.15) is 24.0 Å². The van der Waals surface area contributed by atoms with E-state index in [9.17, 15) is 13.2 Å². The molecule has 0 aromatic heterocycles. The fourth-order valence-corrected chi connectivity index (χ4v) is 4.77. The average Bonchev–Trinajstić information content (AvgIpc) is 2.67. The highest BCUT2D eigenvalue weighted by atomic mass is 32.2. The Hall–Kier alpha value is -2.34. The van der Waals surface area contributed by atoms with Crippen LogP contribution in [0.3, 0.4) is 0 Å². The van der Waals surface area contributed by atoms with E-state index in [1.54, 1.807) is 18.1 Å². The summed E-state index contributed by atoms with van der Waals surface area (Å²) in [5.74, 6) is -0.207. The highest BCUT2D eigenvalue weighted by molar-refractivity contribution is 7.92. The summed E-state index contributed by atoms with van der Waals surface area (Å²) in [4.78, 5) is 14.3. The molecule has 0 bridgehead atoms. The summed E-state index contributed by atoms with van der Waals surface area (Å²) in [7, 11) is -1.89. The summed E-state index contributed by atoms with van der Waals surface area (Å²) in [6.07, 6.45) is 2.88. The number of methoxy groups -OCH3 is 1. The topological polar surface area (TPSA) is 63.7 Å². The first-order chi connectivity index (χ1) is 13.0. The molecule has 5 nitrogen and oxygen atoms in total. The van der Waals surface area contributed by atoms with E-state index in [2.05, 4.69) is 0 Å². The maximum Gasteiger partial charge on any atom is 0.242 e. The van der Waals surface area contributed by atoms with E-state index in [1.165, 1.54) is 0 Å². The van der Waals surface area contributed by atoms with Crippen LogP contribution in [0.5, 0.6) is 5.75 Å². The van der Waals surface area contributed by atoms with Gasteiger partial charge in [0.05, 0.1) is 18.6 Å². The minimum absolute atomic E-state index is 0.0141. The van der Waals surface area contributed by atoms with Crippen molar-refractivity contribution in [1.82, 2.24) is 0 Å². The predicted molar refractivity (Wildman–Crippen MR) is 107 cm³/mol. The second-order valence-electron chi connectivity index (χ2n) is 6.80. The Morgan fingerprint density at radius 3 is 2.63 bits per heavy atom. The average molecular weight is 388 g/mol. The Morgan fingerprint density at radius 2 is 1.89 bits per heavy atom. The zero-order chi connectivity index (χ0) is 19.3. The molecule has 0 saturated heterocycles. The zero-order valence-corrected chi connectivity index (χ0v) is 16.4. The largest absolute Gasteiger partial charge is 0.495 e. The summed E-state index contributed by atoms with van der Waals surface area (Å²) < 4.78 is 30.3. The Morgan fingerprint density at radius 1 is 1.11 bits per heavy atom. The van der Waals surface area contributed by atoms with E-state index in [-0.39, 0.29) is 11.7 Å². The lowest BCUT2D eigenvalue weighted by Gasteiger charge is -2.30. The predicted octanol–water partition coefficient (Wildman–Crippen LogP) is 3.02. The fraction of sp³-hybridized carbons (Fsp3) is 0.381. The maximum atomic E-state index is 12.8. The maximum absolute atomic E-state index is 12.8.